The van der Waals surface area contributed by atoms with Crippen LogP contribution in [0.5, 0.6) is 0 Å². The first kappa shape index (κ1) is 22.5. The van der Waals surface area contributed by atoms with Crippen molar-refractivity contribution in [3.05, 3.63) is 90.4 Å². The van der Waals surface area contributed by atoms with Crippen molar-refractivity contribution in [2.24, 2.45) is 5.92 Å². The maximum Gasteiger partial charge on any atom is 0.227 e. The fourth-order valence-corrected chi connectivity index (χ4v) is 4.26. The second kappa shape index (κ2) is 8.94. The quantitative estimate of drug-likeness (QED) is 0.243. The number of carbonyl (C=O) groups excluding carboxylic acids is 1. The summed E-state index contributed by atoms with van der Waals surface area (Å²) >= 11 is 0. The minimum absolute atomic E-state index is 0.00325. The van der Waals surface area contributed by atoms with Crippen LogP contribution in [0.25, 0.3) is 33.3 Å². The molecule has 3 aromatic heterocycles. The first-order valence-corrected chi connectivity index (χ1v) is 11.8. The van der Waals surface area contributed by atoms with Gasteiger partial charge >= 0.3 is 0 Å². The number of aromatic amines is 1. The number of nitrogens with one attached hydrogen (secondary N) is 3. The van der Waals surface area contributed by atoms with Gasteiger partial charge in [-0.05, 0) is 37.1 Å². The summed E-state index contributed by atoms with van der Waals surface area (Å²) in [4.78, 5) is 28.5. The number of carbonyl (C=O) groups is 1. The van der Waals surface area contributed by atoms with Gasteiger partial charge in [-0.3, -0.25) is 15.2 Å². The Morgan fingerprint density at radius 1 is 1.03 bits per heavy atom. The Bertz CT molecular complexity index is 1690. The molecule has 8 nitrogen and oxygen atoms in total. The van der Waals surface area contributed by atoms with Crippen molar-refractivity contribution < 1.29 is 9.18 Å². The summed E-state index contributed by atoms with van der Waals surface area (Å²) in [7, 11) is 0. The molecule has 2 aromatic carbocycles. The summed E-state index contributed by atoms with van der Waals surface area (Å²) in [5.74, 6) is 0.191. The second-order valence-electron chi connectivity index (χ2n) is 9.02. The van der Waals surface area contributed by atoms with Gasteiger partial charge in [-0.15, -0.1) is 0 Å². The van der Waals surface area contributed by atoms with Crippen LogP contribution in [0.4, 0.5) is 15.9 Å². The van der Waals surface area contributed by atoms with Gasteiger partial charge in [0.05, 0.1) is 22.9 Å². The van der Waals surface area contributed by atoms with Crippen LogP contribution in [-0.2, 0) is 4.79 Å². The number of H-pyrrole nitrogens is 1. The number of para-hydroxylation sites is 1. The molecule has 0 radical (unpaired) electrons. The molecule has 3 heterocycles. The number of nitrogen functional groups attached to an aromatic ring is 1. The third-order valence-electron chi connectivity index (χ3n) is 6.39. The predicted octanol–water partition coefficient (Wildman–Crippen LogP) is 5.17. The van der Waals surface area contributed by atoms with Gasteiger partial charge in [-0.25, -0.2) is 14.4 Å². The van der Waals surface area contributed by atoms with Gasteiger partial charge in [0.1, 0.15) is 17.3 Å². The molecule has 1 aliphatic carbocycles. The highest BCUT2D eigenvalue weighted by Gasteiger charge is 2.29. The number of nitrogens with zero attached hydrogens (tertiary/aromatic N) is 3. The molecule has 0 unspecified atom stereocenters. The number of benzene rings is 2. The fourth-order valence-electron chi connectivity index (χ4n) is 4.26. The number of hydrogen-bond acceptors (Lipinski definition) is 6. The molecule has 6 rings (SSSR count). The number of fused-ring (bicyclic) bond motifs is 1. The number of hydrogen-bond donors (Lipinski definition) is 4. The lowest BCUT2D eigenvalue weighted by atomic mass is 10.0. The van der Waals surface area contributed by atoms with Gasteiger partial charge in [0.2, 0.25) is 5.91 Å². The monoisotopic (exact) mass is 491 g/mol. The first-order chi connectivity index (χ1) is 18.0. The molecule has 0 atom stereocenters. The fraction of sp³-hybridized carbons (Fsp3) is 0.107. The van der Waals surface area contributed by atoms with Crippen molar-refractivity contribution in [1.29, 1.82) is 5.41 Å². The Balaban J connectivity index is 1.35. The number of imidazole rings is 1. The molecule has 1 saturated carbocycles. The SMILES string of the molecule is N=C(c1nc2c(-c3ccccc3F)cccc2[nH]1)c1cc(-c2cncc(NC(=O)C3CC3)c2)cnc1N. The van der Waals surface area contributed by atoms with E-state index in [1.807, 2.05) is 18.2 Å². The summed E-state index contributed by atoms with van der Waals surface area (Å²) in [5, 5.41) is 11.7. The molecule has 0 saturated heterocycles. The summed E-state index contributed by atoms with van der Waals surface area (Å²) in [6.07, 6.45) is 6.69. The van der Waals surface area contributed by atoms with E-state index in [2.05, 4.69) is 25.3 Å². The molecule has 182 valence electrons. The number of nitrogens with two attached hydrogens (primary N) is 1. The van der Waals surface area contributed by atoms with E-state index in [1.54, 1.807) is 48.9 Å². The van der Waals surface area contributed by atoms with Crippen molar-refractivity contribution in [3.8, 4) is 22.3 Å². The average molecular weight is 492 g/mol. The zero-order chi connectivity index (χ0) is 25.5. The Kier molecular flexibility index (Phi) is 5.45. The second-order valence-corrected chi connectivity index (χ2v) is 9.02. The molecule has 5 aromatic rings. The van der Waals surface area contributed by atoms with Gasteiger partial charge in [-0.2, -0.15) is 0 Å². The Morgan fingerprint density at radius 3 is 2.62 bits per heavy atom. The van der Waals surface area contributed by atoms with Crippen LogP contribution in [-0.4, -0.2) is 31.6 Å². The lowest BCUT2D eigenvalue weighted by Gasteiger charge is -2.10. The molecule has 1 aliphatic rings. The van der Waals surface area contributed by atoms with Crippen molar-refractivity contribution >= 4 is 34.2 Å². The smallest absolute Gasteiger partial charge is 0.227 e. The topological polar surface area (TPSA) is 133 Å². The van der Waals surface area contributed by atoms with Gasteiger partial charge in [0.25, 0.3) is 0 Å². The lowest BCUT2D eigenvalue weighted by Crippen LogP contribution is -2.13. The summed E-state index contributed by atoms with van der Waals surface area (Å²) < 4.78 is 14.5. The van der Waals surface area contributed by atoms with Crippen LogP contribution in [0.2, 0.25) is 0 Å². The summed E-state index contributed by atoms with van der Waals surface area (Å²) in [5.41, 5.74) is 10.9. The van der Waals surface area contributed by atoms with Gasteiger partial charge < -0.3 is 16.0 Å². The van der Waals surface area contributed by atoms with Gasteiger partial charge in [0.15, 0.2) is 5.82 Å². The third kappa shape index (κ3) is 4.31. The highest BCUT2D eigenvalue weighted by Crippen LogP contribution is 2.32. The Morgan fingerprint density at radius 2 is 1.81 bits per heavy atom. The number of pyridine rings is 2. The van der Waals surface area contributed by atoms with Crippen LogP contribution >= 0.6 is 0 Å². The zero-order valence-electron chi connectivity index (χ0n) is 19.6. The molecule has 5 N–H and O–H groups in total. The normalized spacial score (nSPS) is 13.0. The van der Waals surface area contributed by atoms with Gasteiger partial charge in [-0.1, -0.05) is 30.3 Å². The van der Waals surface area contributed by atoms with E-state index < -0.39 is 0 Å². The molecule has 0 spiro atoms. The molecule has 1 amide bonds. The van der Waals surface area contributed by atoms with E-state index in [1.165, 1.54) is 6.07 Å². The average Bonchev–Trinajstić information content (AvgIpc) is 3.67. The highest BCUT2D eigenvalue weighted by molar-refractivity contribution is 6.13. The van der Waals surface area contributed by atoms with Crippen LogP contribution in [0.1, 0.15) is 24.2 Å². The maximum absolute atomic E-state index is 14.5. The van der Waals surface area contributed by atoms with Crippen LogP contribution in [0, 0.1) is 17.1 Å². The van der Waals surface area contributed by atoms with Crippen LogP contribution in [0.3, 0.4) is 0 Å². The van der Waals surface area contributed by atoms with Crippen LogP contribution < -0.4 is 11.1 Å². The molecule has 0 bridgehead atoms. The minimum Gasteiger partial charge on any atom is -0.383 e. The van der Waals surface area contributed by atoms with Gasteiger partial charge in [0, 0.05) is 46.1 Å². The number of aromatic nitrogens is 4. The highest BCUT2D eigenvalue weighted by atomic mass is 19.1. The molecule has 37 heavy (non-hydrogen) atoms. The van der Waals surface area contributed by atoms with E-state index in [9.17, 15) is 9.18 Å². The van der Waals surface area contributed by atoms with E-state index in [4.69, 9.17) is 11.1 Å². The summed E-state index contributed by atoms with van der Waals surface area (Å²) in [6.45, 7) is 0. The molecular weight excluding hydrogens is 469 g/mol. The number of anilines is 2. The summed E-state index contributed by atoms with van der Waals surface area (Å²) in [6, 6.07) is 15.5. The largest absolute Gasteiger partial charge is 0.383 e. The minimum atomic E-state index is -0.347. The third-order valence-corrected chi connectivity index (χ3v) is 6.39. The Hall–Kier alpha value is -4.92. The molecule has 9 heteroatoms. The molecular formula is C28H22FN7O. The maximum atomic E-state index is 14.5. The number of halogens is 1. The van der Waals surface area contributed by atoms with Crippen molar-refractivity contribution in [1.82, 2.24) is 19.9 Å². The van der Waals surface area contributed by atoms with Crippen molar-refractivity contribution in [2.45, 2.75) is 12.8 Å². The van der Waals surface area contributed by atoms with E-state index in [-0.39, 0.29) is 35.0 Å². The Labute approximate surface area is 211 Å². The standard InChI is InChI=1S/C28H22FN7O/c29-22-6-2-1-4-19(22)20-5-3-7-23-25(20)36-27(35-23)24(30)21-11-17(13-33-26(21)31)16-10-18(14-32-12-16)34-28(37)15-8-9-15/h1-7,10-15,30H,8-9H2,(H2,31,33)(H,34,37)(H,35,36). The van der Waals surface area contributed by atoms with E-state index >= 15 is 0 Å². The lowest BCUT2D eigenvalue weighted by molar-refractivity contribution is -0.117. The molecule has 0 aliphatic heterocycles. The van der Waals surface area contributed by atoms with Crippen molar-refractivity contribution in [3.63, 3.8) is 0 Å². The number of rotatable bonds is 6. The number of amides is 1. The predicted molar refractivity (Wildman–Crippen MR) is 141 cm³/mol. The van der Waals surface area contributed by atoms with E-state index in [0.29, 0.717) is 39.0 Å². The molecule has 1 fully saturated rings. The first-order valence-electron chi connectivity index (χ1n) is 11.8. The van der Waals surface area contributed by atoms with E-state index in [0.717, 1.165) is 18.4 Å². The van der Waals surface area contributed by atoms with Crippen molar-refractivity contribution in [2.75, 3.05) is 11.1 Å². The zero-order valence-corrected chi connectivity index (χ0v) is 19.6. The van der Waals surface area contributed by atoms with Crippen LogP contribution in [0.15, 0.2) is 73.2 Å².